The molecule has 1 unspecified atom stereocenters. The molecule has 2 N–H and O–H groups in total. The molecule has 1 aliphatic heterocycles. The molecule has 5 nitrogen and oxygen atoms in total. The Balaban J connectivity index is 2.16. The van der Waals surface area contributed by atoms with Gasteiger partial charge in [0.05, 0.1) is 12.8 Å². The van der Waals surface area contributed by atoms with Crippen LogP contribution in [0.2, 0.25) is 0 Å². The quantitative estimate of drug-likeness (QED) is 0.842. The van der Waals surface area contributed by atoms with Gasteiger partial charge in [0.1, 0.15) is 5.82 Å². The van der Waals surface area contributed by atoms with Crippen LogP contribution in [0.1, 0.15) is 6.42 Å². The van der Waals surface area contributed by atoms with E-state index in [9.17, 15) is 0 Å². The van der Waals surface area contributed by atoms with Crippen molar-refractivity contribution in [1.29, 1.82) is 0 Å². The molecule has 0 aromatic carbocycles. The molecule has 0 bridgehead atoms. The Morgan fingerprint density at radius 3 is 2.88 bits per heavy atom. The number of nitrogens with zero attached hydrogens (tertiary/aromatic N) is 3. The number of likely N-dealkylation sites (tertiary alicyclic amines) is 1. The third-order valence-electron chi connectivity index (χ3n) is 3.34. The number of nitrogens with two attached hydrogens (primary N) is 1. The molecular formula is C12H20N4O. The summed E-state index contributed by atoms with van der Waals surface area (Å²) in [4.78, 5) is 8.95. The van der Waals surface area contributed by atoms with Gasteiger partial charge in [-0.3, -0.25) is 0 Å². The lowest BCUT2D eigenvalue weighted by Crippen LogP contribution is -2.34. The van der Waals surface area contributed by atoms with Crippen molar-refractivity contribution in [2.75, 3.05) is 44.9 Å². The Kier molecular flexibility index (Phi) is 3.38. The summed E-state index contributed by atoms with van der Waals surface area (Å²) in [5.74, 6) is 1.41. The van der Waals surface area contributed by atoms with Crippen LogP contribution in [0.3, 0.4) is 0 Å². The van der Waals surface area contributed by atoms with Crippen molar-refractivity contribution in [2.24, 2.45) is 0 Å². The Morgan fingerprint density at radius 1 is 1.53 bits per heavy atom. The second-order valence-corrected chi connectivity index (χ2v) is 4.58. The van der Waals surface area contributed by atoms with Gasteiger partial charge in [0.2, 0.25) is 5.88 Å². The summed E-state index contributed by atoms with van der Waals surface area (Å²) < 4.78 is 5.15. The summed E-state index contributed by atoms with van der Waals surface area (Å²) >= 11 is 0. The lowest BCUT2D eigenvalue weighted by atomic mass is 10.2. The SMILES string of the molecule is COc1nc(N(C)C2CCN(C)C2)ccc1N. The van der Waals surface area contributed by atoms with E-state index in [0.29, 0.717) is 17.6 Å². The summed E-state index contributed by atoms with van der Waals surface area (Å²) in [5.41, 5.74) is 6.34. The zero-order valence-corrected chi connectivity index (χ0v) is 10.7. The number of anilines is 2. The molecule has 0 radical (unpaired) electrons. The van der Waals surface area contributed by atoms with Crippen LogP contribution in [0.5, 0.6) is 5.88 Å². The van der Waals surface area contributed by atoms with Crippen LogP contribution in [0.4, 0.5) is 11.5 Å². The first-order valence-corrected chi connectivity index (χ1v) is 5.83. The van der Waals surface area contributed by atoms with Crippen LogP contribution in [0.25, 0.3) is 0 Å². The van der Waals surface area contributed by atoms with E-state index >= 15 is 0 Å². The predicted molar refractivity (Wildman–Crippen MR) is 69.5 cm³/mol. The molecule has 0 amide bonds. The highest BCUT2D eigenvalue weighted by atomic mass is 16.5. The molecule has 1 aromatic heterocycles. The fourth-order valence-electron chi connectivity index (χ4n) is 2.22. The predicted octanol–water partition coefficient (Wildman–Crippen LogP) is 0.813. The number of rotatable bonds is 3. The summed E-state index contributed by atoms with van der Waals surface area (Å²) in [6.45, 7) is 2.21. The maximum absolute atomic E-state index is 5.76. The van der Waals surface area contributed by atoms with Crippen molar-refractivity contribution >= 4 is 11.5 Å². The monoisotopic (exact) mass is 236 g/mol. The smallest absolute Gasteiger partial charge is 0.238 e. The summed E-state index contributed by atoms with van der Waals surface area (Å²) in [6, 6.07) is 4.30. The number of hydrogen-bond donors (Lipinski definition) is 1. The van der Waals surface area contributed by atoms with Crippen LogP contribution < -0.4 is 15.4 Å². The highest BCUT2D eigenvalue weighted by Crippen LogP contribution is 2.25. The van der Waals surface area contributed by atoms with Gasteiger partial charge >= 0.3 is 0 Å². The number of hydrogen-bond acceptors (Lipinski definition) is 5. The Hall–Kier alpha value is -1.49. The van der Waals surface area contributed by atoms with Gasteiger partial charge in [-0.15, -0.1) is 0 Å². The molecule has 5 heteroatoms. The first-order valence-electron chi connectivity index (χ1n) is 5.83. The average Bonchev–Trinajstić information content (AvgIpc) is 2.75. The summed E-state index contributed by atoms with van der Waals surface area (Å²) in [5, 5.41) is 0. The fourth-order valence-corrected chi connectivity index (χ4v) is 2.22. The van der Waals surface area contributed by atoms with Crippen LogP contribution in [-0.4, -0.2) is 50.2 Å². The van der Waals surface area contributed by atoms with Crippen molar-refractivity contribution in [3.05, 3.63) is 12.1 Å². The van der Waals surface area contributed by atoms with Crippen molar-refractivity contribution in [1.82, 2.24) is 9.88 Å². The van der Waals surface area contributed by atoms with E-state index in [-0.39, 0.29) is 0 Å². The van der Waals surface area contributed by atoms with Crippen molar-refractivity contribution in [3.63, 3.8) is 0 Å². The molecule has 1 saturated heterocycles. The lowest BCUT2D eigenvalue weighted by molar-refractivity contribution is 0.398. The number of aromatic nitrogens is 1. The minimum atomic E-state index is 0.501. The van der Waals surface area contributed by atoms with Crippen LogP contribution in [0, 0.1) is 0 Å². The average molecular weight is 236 g/mol. The minimum absolute atomic E-state index is 0.501. The molecule has 2 rings (SSSR count). The molecule has 1 aromatic rings. The standard InChI is InChI=1S/C12H20N4O/c1-15-7-6-9(8-15)16(2)11-5-4-10(13)12(14-11)17-3/h4-5,9H,6-8,13H2,1-3H3. The second-order valence-electron chi connectivity index (χ2n) is 4.58. The molecule has 0 saturated carbocycles. The number of nitrogen functional groups attached to an aromatic ring is 1. The van der Waals surface area contributed by atoms with Gasteiger partial charge < -0.3 is 20.3 Å². The van der Waals surface area contributed by atoms with Crippen molar-refractivity contribution in [2.45, 2.75) is 12.5 Å². The first-order chi connectivity index (χ1) is 8.11. The van der Waals surface area contributed by atoms with E-state index < -0.39 is 0 Å². The third-order valence-corrected chi connectivity index (χ3v) is 3.34. The molecule has 2 heterocycles. The summed E-state index contributed by atoms with van der Waals surface area (Å²) in [7, 11) is 5.80. The Labute approximate surface area is 102 Å². The van der Waals surface area contributed by atoms with Crippen LogP contribution >= 0.6 is 0 Å². The molecule has 94 valence electrons. The van der Waals surface area contributed by atoms with E-state index in [0.717, 1.165) is 18.9 Å². The van der Waals surface area contributed by atoms with E-state index in [1.807, 2.05) is 12.1 Å². The largest absolute Gasteiger partial charge is 0.479 e. The van der Waals surface area contributed by atoms with E-state index in [1.165, 1.54) is 6.42 Å². The van der Waals surface area contributed by atoms with Crippen molar-refractivity contribution in [3.8, 4) is 5.88 Å². The van der Waals surface area contributed by atoms with E-state index in [1.54, 1.807) is 7.11 Å². The van der Waals surface area contributed by atoms with E-state index in [4.69, 9.17) is 10.5 Å². The molecule has 1 aliphatic rings. The normalized spacial score (nSPS) is 20.5. The number of ether oxygens (including phenoxy) is 1. The maximum Gasteiger partial charge on any atom is 0.238 e. The zero-order valence-electron chi connectivity index (χ0n) is 10.7. The zero-order chi connectivity index (χ0) is 12.4. The molecule has 0 aliphatic carbocycles. The Morgan fingerprint density at radius 2 is 2.29 bits per heavy atom. The maximum atomic E-state index is 5.76. The molecule has 0 spiro atoms. The highest BCUT2D eigenvalue weighted by Gasteiger charge is 2.24. The van der Waals surface area contributed by atoms with Gasteiger partial charge in [-0.2, -0.15) is 4.98 Å². The molecule has 1 atom stereocenters. The van der Waals surface area contributed by atoms with Gasteiger partial charge in [0.25, 0.3) is 0 Å². The fraction of sp³-hybridized carbons (Fsp3) is 0.583. The van der Waals surface area contributed by atoms with Gasteiger partial charge in [0, 0.05) is 19.6 Å². The number of likely N-dealkylation sites (N-methyl/N-ethyl adjacent to an activating group) is 2. The van der Waals surface area contributed by atoms with Crippen molar-refractivity contribution < 1.29 is 4.74 Å². The lowest BCUT2D eigenvalue weighted by Gasteiger charge is -2.25. The molecule has 17 heavy (non-hydrogen) atoms. The van der Waals surface area contributed by atoms with Gasteiger partial charge in [-0.1, -0.05) is 0 Å². The Bertz CT molecular complexity index is 396. The number of methoxy groups -OCH3 is 1. The second kappa shape index (κ2) is 4.79. The topological polar surface area (TPSA) is 54.6 Å². The highest BCUT2D eigenvalue weighted by molar-refractivity contribution is 5.54. The van der Waals surface area contributed by atoms with E-state index in [2.05, 4.69) is 28.9 Å². The van der Waals surface area contributed by atoms with Gasteiger partial charge in [-0.25, -0.2) is 0 Å². The first kappa shape index (κ1) is 12.0. The van der Waals surface area contributed by atoms with Gasteiger partial charge in [-0.05, 0) is 32.1 Å². The van der Waals surface area contributed by atoms with Crippen LogP contribution in [0.15, 0.2) is 12.1 Å². The third kappa shape index (κ3) is 2.44. The van der Waals surface area contributed by atoms with Gasteiger partial charge in [0.15, 0.2) is 0 Å². The number of pyridine rings is 1. The minimum Gasteiger partial charge on any atom is -0.479 e. The van der Waals surface area contributed by atoms with Crippen LogP contribution in [-0.2, 0) is 0 Å². The molecular weight excluding hydrogens is 216 g/mol. The summed E-state index contributed by atoms with van der Waals surface area (Å²) in [6.07, 6.45) is 1.17. The molecule has 1 fully saturated rings.